The van der Waals surface area contributed by atoms with Gasteiger partial charge in [0.25, 0.3) is 0 Å². The van der Waals surface area contributed by atoms with Gasteiger partial charge < -0.3 is 14.4 Å². The number of benzene rings is 2. The minimum absolute atomic E-state index is 0.0331. The maximum absolute atomic E-state index is 13.2. The van der Waals surface area contributed by atoms with Gasteiger partial charge in [0, 0.05) is 5.56 Å². The first-order valence-corrected chi connectivity index (χ1v) is 9.80. The number of fused-ring (bicyclic) bond motifs is 1. The molecule has 1 saturated heterocycles. The summed E-state index contributed by atoms with van der Waals surface area (Å²) in [5.41, 5.74) is 2.48. The van der Waals surface area contributed by atoms with Gasteiger partial charge in [0.2, 0.25) is 5.43 Å². The zero-order valence-corrected chi connectivity index (χ0v) is 15.7. The van der Waals surface area contributed by atoms with Crippen LogP contribution in [0.4, 0.5) is 0 Å². The summed E-state index contributed by atoms with van der Waals surface area (Å²) in [5, 5.41) is 13.1. The number of nitrogens with one attached hydrogen (secondary N) is 1. The second-order valence-electron chi connectivity index (χ2n) is 7.49. The minimum atomic E-state index is -0.0629. The van der Waals surface area contributed by atoms with Gasteiger partial charge >= 0.3 is 0 Å². The van der Waals surface area contributed by atoms with E-state index in [1.54, 1.807) is 6.07 Å². The van der Waals surface area contributed by atoms with Crippen molar-refractivity contribution in [3.63, 3.8) is 0 Å². The van der Waals surface area contributed by atoms with Crippen LogP contribution in [-0.2, 0) is 6.54 Å². The van der Waals surface area contributed by atoms with Gasteiger partial charge in [-0.3, -0.25) is 4.79 Å². The summed E-state index contributed by atoms with van der Waals surface area (Å²) in [6, 6.07) is 12.7. The molecule has 0 bridgehead atoms. The number of rotatable bonds is 3. The summed E-state index contributed by atoms with van der Waals surface area (Å²) in [6.07, 6.45) is 4.90. The fourth-order valence-corrected chi connectivity index (χ4v) is 4.17. The zero-order valence-electron chi connectivity index (χ0n) is 15.7. The van der Waals surface area contributed by atoms with Crippen LogP contribution in [0.2, 0.25) is 0 Å². The molecule has 1 aromatic heterocycles. The van der Waals surface area contributed by atoms with Crippen LogP contribution in [0.15, 0.2) is 51.7 Å². The molecule has 2 heterocycles. The molecule has 27 heavy (non-hydrogen) atoms. The Labute approximate surface area is 159 Å². The molecule has 1 aliphatic rings. The van der Waals surface area contributed by atoms with Crippen molar-refractivity contribution in [1.29, 1.82) is 0 Å². The Hall–Kier alpha value is -2.59. The van der Waals surface area contributed by atoms with Crippen molar-refractivity contribution in [2.45, 2.75) is 39.2 Å². The average molecular weight is 363 g/mol. The van der Waals surface area contributed by atoms with Gasteiger partial charge in [-0.1, -0.05) is 42.1 Å². The number of likely N-dealkylation sites (tertiary alicyclic amines) is 1. The summed E-state index contributed by atoms with van der Waals surface area (Å²) < 4.78 is 6.10. The first kappa shape index (κ1) is 17.8. The Morgan fingerprint density at radius 1 is 1.00 bits per heavy atom. The third-order valence-corrected chi connectivity index (χ3v) is 5.60. The third kappa shape index (κ3) is 3.50. The Bertz CT molecular complexity index is 1000. The van der Waals surface area contributed by atoms with Crippen molar-refractivity contribution in [2.75, 3.05) is 13.1 Å². The van der Waals surface area contributed by atoms with Gasteiger partial charge in [-0.25, -0.2) is 0 Å². The van der Waals surface area contributed by atoms with E-state index in [0.29, 0.717) is 34.4 Å². The fourth-order valence-electron chi connectivity index (χ4n) is 4.17. The Morgan fingerprint density at radius 2 is 1.70 bits per heavy atom. The Morgan fingerprint density at radius 3 is 2.41 bits per heavy atom. The van der Waals surface area contributed by atoms with E-state index in [2.05, 4.69) is 0 Å². The predicted molar refractivity (Wildman–Crippen MR) is 105 cm³/mol. The molecule has 0 aliphatic carbocycles. The standard InChI is InChI=1S/C23H25NO3/c1-16-21(17-9-5-4-6-10-17)22(26)18-11-12-20(25)19(23(18)27-16)15-24-13-7-2-3-8-14-24/h4-6,9-12,25H,2-3,7-8,13-15H2,1H3. The van der Waals surface area contributed by atoms with Crippen molar-refractivity contribution in [1.82, 2.24) is 0 Å². The maximum atomic E-state index is 13.2. The molecule has 1 fully saturated rings. The number of hydrogen-bond donors (Lipinski definition) is 1. The smallest absolute Gasteiger partial charge is 0.200 e. The minimum Gasteiger partial charge on any atom is -0.872 e. The van der Waals surface area contributed by atoms with E-state index in [0.717, 1.165) is 18.7 Å². The van der Waals surface area contributed by atoms with Crippen molar-refractivity contribution in [2.24, 2.45) is 0 Å². The molecule has 3 aromatic rings. The average Bonchev–Trinajstić information content (AvgIpc) is 2.94. The molecule has 140 valence electrons. The molecule has 4 heteroatoms. The van der Waals surface area contributed by atoms with Gasteiger partial charge in [0.05, 0.1) is 24.0 Å². The van der Waals surface area contributed by atoms with Crippen LogP contribution in [0.5, 0.6) is 5.75 Å². The number of hydrogen-bond acceptors (Lipinski definition) is 3. The molecule has 2 aromatic carbocycles. The topological polar surface area (TPSA) is 57.7 Å². The first-order valence-electron chi connectivity index (χ1n) is 9.80. The van der Waals surface area contributed by atoms with Crippen LogP contribution < -0.4 is 15.4 Å². The molecule has 1 N–H and O–H groups in total. The van der Waals surface area contributed by atoms with E-state index in [4.69, 9.17) is 4.42 Å². The monoisotopic (exact) mass is 363 g/mol. The van der Waals surface area contributed by atoms with E-state index in [-0.39, 0.29) is 11.2 Å². The summed E-state index contributed by atoms with van der Waals surface area (Å²) in [4.78, 5) is 14.6. The highest BCUT2D eigenvalue weighted by Crippen LogP contribution is 2.28. The molecule has 4 nitrogen and oxygen atoms in total. The molecular formula is C23H25NO3. The molecule has 0 unspecified atom stereocenters. The summed E-state index contributed by atoms with van der Waals surface area (Å²) >= 11 is 0. The summed E-state index contributed by atoms with van der Waals surface area (Å²) in [7, 11) is 0. The first-order chi connectivity index (χ1) is 13.1. The molecule has 1 aliphatic heterocycles. The normalized spacial score (nSPS) is 15.7. The summed E-state index contributed by atoms with van der Waals surface area (Å²) in [5.74, 6) is 0.533. The molecular weight excluding hydrogens is 338 g/mol. The summed E-state index contributed by atoms with van der Waals surface area (Å²) in [6.45, 7) is 4.58. The SMILES string of the molecule is Cc1oc2c(C[NH+]3CCCCCC3)c([O-])ccc2c(=O)c1-c1ccccc1. The lowest BCUT2D eigenvalue weighted by atomic mass is 10.0. The Balaban J connectivity index is 1.83. The lowest BCUT2D eigenvalue weighted by molar-refractivity contribution is -0.913. The van der Waals surface area contributed by atoms with Crippen molar-refractivity contribution >= 4 is 11.0 Å². The highest BCUT2D eigenvalue weighted by molar-refractivity contribution is 5.86. The predicted octanol–water partition coefficient (Wildman–Crippen LogP) is 2.80. The van der Waals surface area contributed by atoms with Crippen LogP contribution in [-0.4, -0.2) is 13.1 Å². The fraction of sp³-hybridized carbons (Fsp3) is 0.348. The van der Waals surface area contributed by atoms with E-state index in [1.165, 1.54) is 36.6 Å². The molecule has 0 atom stereocenters. The highest BCUT2D eigenvalue weighted by atomic mass is 16.3. The third-order valence-electron chi connectivity index (χ3n) is 5.60. The van der Waals surface area contributed by atoms with E-state index < -0.39 is 0 Å². The second-order valence-corrected chi connectivity index (χ2v) is 7.49. The van der Waals surface area contributed by atoms with Gasteiger partial charge in [-0.05, 0) is 44.2 Å². The second kappa shape index (κ2) is 7.57. The van der Waals surface area contributed by atoms with Crippen molar-refractivity contribution < 1.29 is 14.4 Å². The van der Waals surface area contributed by atoms with Gasteiger partial charge in [0.1, 0.15) is 17.9 Å². The number of quaternary nitrogens is 1. The van der Waals surface area contributed by atoms with Crippen LogP contribution >= 0.6 is 0 Å². The zero-order chi connectivity index (χ0) is 18.8. The van der Waals surface area contributed by atoms with Crippen LogP contribution in [0.3, 0.4) is 0 Å². The van der Waals surface area contributed by atoms with Crippen molar-refractivity contribution in [3.8, 4) is 16.9 Å². The maximum Gasteiger partial charge on any atom is 0.200 e. The number of aryl methyl sites for hydroxylation is 1. The van der Waals surface area contributed by atoms with Gasteiger partial charge in [-0.2, -0.15) is 0 Å². The largest absolute Gasteiger partial charge is 0.872 e. The van der Waals surface area contributed by atoms with Crippen LogP contribution in [0, 0.1) is 6.92 Å². The molecule has 0 radical (unpaired) electrons. The van der Waals surface area contributed by atoms with Crippen LogP contribution in [0.1, 0.15) is 37.0 Å². The molecule has 0 spiro atoms. The lowest BCUT2D eigenvalue weighted by Crippen LogP contribution is -3.10. The van der Waals surface area contributed by atoms with Crippen LogP contribution in [0.25, 0.3) is 22.1 Å². The molecule has 0 saturated carbocycles. The van der Waals surface area contributed by atoms with Gasteiger partial charge in [-0.15, -0.1) is 0 Å². The van der Waals surface area contributed by atoms with E-state index in [1.807, 2.05) is 37.3 Å². The molecule has 0 amide bonds. The Kier molecular flexibility index (Phi) is 4.99. The van der Waals surface area contributed by atoms with Gasteiger partial charge in [0.15, 0.2) is 0 Å². The quantitative estimate of drug-likeness (QED) is 0.778. The highest BCUT2D eigenvalue weighted by Gasteiger charge is 2.19. The molecule has 4 rings (SSSR count). The van der Waals surface area contributed by atoms with E-state index >= 15 is 0 Å². The van der Waals surface area contributed by atoms with Crippen molar-refractivity contribution in [3.05, 3.63) is 64.0 Å². The van der Waals surface area contributed by atoms with E-state index in [9.17, 15) is 9.90 Å². The lowest BCUT2D eigenvalue weighted by Gasteiger charge is -2.22.